The fourth-order valence-corrected chi connectivity index (χ4v) is 7.55. The van der Waals surface area contributed by atoms with Crippen LogP contribution in [0.25, 0.3) is 0 Å². The summed E-state index contributed by atoms with van der Waals surface area (Å²) in [5.74, 6) is 0. The Morgan fingerprint density at radius 3 is 1.73 bits per heavy atom. The molecule has 0 unspecified atom stereocenters. The van der Waals surface area contributed by atoms with E-state index in [0.717, 1.165) is 18.1 Å². The van der Waals surface area contributed by atoms with Gasteiger partial charge in [0.2, 0.25) is 6.69 Å². The van der Waals surface area contributed by atoms with Crippen LogP contribution < -0.4 is 0 Å². The van der Waals surface area contributed by atoms with Crippen molar-refractivity contribution in [1.82, 2.24) is 0 Å². The van der Waals surface area contributed by atoms with Crippen molar-refractivity contribution in [3.63, 3.8) is 0 Å². The Bertz CT molecular complexity index is 120. The van der Waals surface area contributed by atoms with E-state index in [4.69, 9.17) is 44.3 Å². The molecule has 0 N–H and O–H groups in total. The molecule has 0 aliphatic rings. The molecule has 11 heavy (non-hydrogen) atoms. The van der Waals surface area contributed by atoms with Gasteiger partial charge in [0, 0.05) is 0 Å². The van der Waals surface area contributed by atoms with Crippen molar-refractivity contribution >= 4 is 57.7 Å². The van der Waals surface area contributed by atoms with Crippen LogP contribution >= 0.6 is 44.3 Å². The first-order valence-electron chi connectivity index (χ1n) is 3.52. The fourth-order valence-electron chi connectivity index (χ4n) is 0.579. The van der Waals surface area contributed by atoms with Gasteiger partial charge in [-0.2, -0.15) is 0 Å². The van der Waals surface area contributed by atoms with Gasteiger partial charge in [-0.05, 0) is 24.7 Å². The van der Waals surface area contributed by atoms with Crippen LogP contribution in [-0.2, 0) is 0 Å². The second-order valence-electron chi connectivity index (χ2n) is 2.78. The molecule has 0 aromatic heterocycles. The van der Waals surface area contributed by atoms with E-state index in [1.54, 1.807) is 0 Å². The highest BCUT2D eigenvalue weighted by molar-refractivity contribution is 7.47. The molecule has 0 amide bonds. The lowest BCUT2D eigenvalue weighted by Gasteiger charge is -2.17. The molecule has 0 aliphatic heterocycles. The quantitative estimate of drug-likeness (QED) is 0.522. The summed E-state index contributed by atoms with van der Waals surface area (Å²) in [5.41, 5.74) is 0. The summed E-state index contributed by atoms with van der Waals surface area (Å²) in [6, 6.07) is 2.50. The largest absolute Gasteiger partial charge is 0.250 e. The maximum atomic E-state index is 6.04. The van der Waals surface area contributed by atoms with E-state index in [2.05, 4.69) is 0 Å². The highest BCUT2D eigenvalue weighted by atomic mass is 35.7. The summed E-state index contributed by atoms with van der Waals surface area (Å²) >= 11 is 23.9. The molecule has 0 aliphatic carbocycles. The third kappa shape index (κ3) is 7.94. The molecule has 0 radical (unpaired) electrons. The van der Waals surface area contributed by atoms with Crippen molar-refractivity contribution in [2.75, 3.05) is 0 Å². The number of hydrogen-bond donors (Lipinski definition) is 0. The SMILES string of the molecule is CC[Si](Cl)(Cl)CC[Si](C)(Cl)Cl. The first-order chi connectivity index (χ1) is 4.77. The number of halogens is 4. The molecule has 0 rings (SSSR count). The number of hydrogen-bond acceptors (Lipinski definition) is 0. The van der Waals surface area contributed by atoms with Crippen LogP contribution in [0, 0.1) is 0 Å². The molecule has 0 atom stereocenters. The standard InChI is InChI=1S/C5H12Cl4Si2/c1-3-11(8,9)5-4-10(2,6)7/h3-5H2,1-2H3. The summed E-state index contributed by atoms with van der Waals surface area (Å²) in [4.78, 5) is 0. The minimum absolute atomic E-state index is 0.809. The summed E-state index contributed by atoms with van der Waals surface area (Å²) in [5, 5.41) is 0. The molecule has 0 aromatic rings. The van der Waals surface area contributed by atoms with Crippen LogP contribution in [0.15, 0.2) is 0 Å². The van der Waals surface area contributed by atoms with E-state index in [0.29, 0.717) is 0 Å². The Labute approximate surface area is 89.0 Å². The maximum Gasteiger partial charge on any atom is 0.250 e. The summed E-state index contributed by atoms with van der Waals surface area (Å²) in [6.45, 7) is -0.0494. The van der Waals surface area contributed by atoms with Crippen LogP contribution in [0.1, 0.15) is 6.92 Å². The van der Waals surface area contributed by atoms with E-state index in [-0.39, 0.29) is 0 Å². The van der Waals surface area contributed by atoms with E-state index in [1.807, 2.05) is 13.5 Å². The van der Waals surface area contributed by atoms with Crippen molar-refractivity contribution in [2.24, 2.45) is 0 Å². The van der Waals surface area contributed by atoms with Crippen molar-refractivity contribution < 1.29 is 0 Å². The fraction of sp³-hybridized carbons (Fsp3) is 1.00. The predicted molar refractivity (Wildman–Crippen MR) is 60.9 cm³/mol. The van der Waals surface area contributed by atoms with Crippen molar-refractivity contribution in [3.05, 3.63) is 0 Å². The van der Waals surface area contributed by atoms with Gasteiger partial charge in [-0.15, -0.1) is 44.3 Å². The molecule has 0 fully saturated rings. The zero-order valence-electron chi connectivity index (χ0n) is 6.63. The minimum Gasteiger partial charge on any atom is -0.146 e. The van der Waals surface area contributed by atoms with Gasteiger partial charge < -0.3 is 0 Å². The van der Waals surface area contributed by atoms with Crippen molar-refractivity contribution in [3.8, 4) is 0 Å². The summed E-state index contributed by atoms with van der Waals surface area (Å²) < 4.78 is 0. The van der Waals surface area contributed by atoms with Gasteiger partial charge in [0.05, 0.1) is 0 Å². The Kier molecular flexibility index (Phi) is 5.41. The zero-order chi connectivity index (χ0) is 9.12. The third-order valence-electron chi connectivity index (χ3n) is 1.45. The highest BCUT2D eigenvalue weighted by Crippen LogP contribution is 2.32. The lowest BCUT2D eigenvalue weighted by atomic mass is 10.9. The van der Waals surface area contributed by atoms with E-state index < -0.39 is 13.4 Å². The molecule has 0 saturated heterocycles. The van der Waals surface area contributed by atoms with Crippen LogP contribution in [-0.4, -0.2) is 13.4 Å². The van der Waals surface area contributed by atoms with Gasteiger partial charge in [-0.3, -0.25) is 0 Å². The average molecular weight is 270 g/mol. The average Bonchev–Trinajstić information content (AvgIpc) is 1.83. The molecular formula is C5H12Cl4Si2. The second-order valence-corrected chi connectivity index (χ2v) is 18.8. The monoisotopic (exact) mass is 268 g/mol. The van der Waals surface area contributed by atoms with Gasteiger partial charge >= 0.3 is 0 Å². The molecule has 0 saturated carbocycles. The summed E-state index contributed by atoms with van der Waals surface area (Å²) in [6.07, 6.45) is 0. The first kappa shape index (κ1) is 12.6. The molecule has 0 bridgehead atoms. The van der Waals surface area contributed by atoms with Crippen molar-refractivity contribution in [1.29, 1.82) is 0 Å². The Balaban J connectivity index is 3.70. The zero-order valence-corrected chi connectivity index (χ0v) is 11.7. The number of rotatable bonds is 4. The van der Waals surface area contributed by atoms with Crippen LogP contribution in [0.2, 0.25) is 24.7 Å². The van der Waals surface area contributed by atoms with Gasteiger partial charge in [0.25, 0.3) is 6.69 Å². The molecule has 0 nitrogen and oxygen atoms in total. The Morgan fingerprint density at radius 1 is 1.00 bits per heavy atom. The Hall–Kier alpha value is 1.59. The second kappa shape index (κ2) is 4.73. The third-order valence-corrected chi connectivity index (χ3v) is 8.96. The smallest absolute Gasteiger partial charge is 0.146 e. The topological polar surface area (TPSA) is 0 Å². The lowest BCUT2D eigenvalue weighted by Crippen LogP contribution is -2.22. The first-order valence-corrected chi connectivity index (χ1v) is 12.7. The van der Waals surface area contributed by atoms with Crippen molar-refractivity contribution in [2.45, 2.75) is 31.6 Å². The molecule has 0 spiro atoms. The molecule has 6 heteroatoms. The maximum absolute atomic E-state index is 6.04. The van der Waals surface area contributed by atoms with Gasteiger partial charge in [0.15, 0.2) is 0 Å². The van der Waals surface area contributed by atoms with Gasteiger partial charge in [0.1, 0.15) is 0 Å². The van der Waals surface area contributed by atoms with E-state index in [9.17, 15) is 0 Å². The Morgan fingerprint density at radius 2 is 1.45 bits per heavy atom. The minimum atomic E-state index is -1.98. The molecular weight excluding hydrogens is 258 g/mol. The molecule has 68 valence electrons. The van der Waals surface area contributed by atoms with Gasteiger partial charge in [-0.1, -0.05) is 6.92 Å². The van der Waals surface area contributed by atoms with E-state index >= 15 is 0 Å². The van der Waals surface area contributed by atoms with Gasteiger partial charge in [-0.25, -0.2) is 0 Å². The molecule has 0 heterocycles. The van der Waals surface area contributed by atoms with Crippen LogP contribution in [0.5, 0.6) is 0 Å². The highest BCUT2D eigenvalue weighted by Gasteiger charge is 2.31. The van der Waals surface area contributed by atoms with E-state index in [1.165, 1.54) is 0 Å². The lowest BCUT2D eigenvalue weighted by molar-refractivity contribution is 1.31. The predicted octanol–water partition coefficient (Wildman–Crippen LogP) is 4.48. The van der Waals surface area contributed by atoms with Crippen LogP contribution in [0.3, 0.4) is 0 Å². The molecule has 0 aromatic carbocycles. The summed E-state index contributed by atoms with van der Waals surface area (Å²) in [7, 11) is 0. The van der Waals surface area contributed by atoms with Crippen LogP contribution in [0.4, 0.5) is 0 Å². The normalized spacial score (nSPS) is 13.6.